The Morgan fingerprint density at radius 2 is 2.05 bits per heavy atom. The largest absolute Gasteiger partial charge is 0.340 e. The molecule has 0 aromatic carbocycles. The number of nitrogens with zero attached hydrogens (tertiary/aromatic N) is 1. The third-order valence-corrected chi connectivity index (χ3v) is 3.90. The first kappa shape index (κ1) is 14.9. The van der Waals surface area contributed by atoms with E-state index in [4.69, 9.17) is 0 Å². The highest BCUT2D eigenvalue weighted by atomic mass is 16.2. The van der Waals surface area contributed by atoms with Crippen molar-refractivity contribution in [3.63, 3.8) is 0 Å². The van der Waals surface area contributed by atoms with Crippen molar-refractivity contribution >= 4 is 11.9 Å². The van der Waals surface area contributed by atoms with E-state index in [-0.39, 0.29) is 29.9 Å². The van der Waals surface area contributed by atoms with Gasteiger partial charge in [0.1, 0.15) is 0 Å². The lowest BCUT2D eigenvalue weighted by Gasteiger charge is -2.21. The first-order valence-corrected chi connectivity index (χ1v) is 7.58. The number of hydrogen-bond acceptors (Lipinski definition) is 2. The predicted octanol–water partition coefficient (Wildman–Crippen LogP) is 1.65. The highest BCUT2D eigenvalue weighted by molar-refractivity contribution is 5.79. The molecule has 0 radical (unpaired) electrons. The van der Waals surface area contributed by atoms with Crippen LogP contribution in [-0.2, 0) is 4.79 Å². The molecule has 20 heavy (non-hydrogen) atoms. The van der Waals surface area contributed by atoms with Gasteiger partial charge in [0.05, 0.1) is 0 Å². The van der Waals surface area contributed by atoms with Crippen molar-refractivity contribution in [2.75, 3.05) is 13.1 Å². The topological polar surface area (TPSA) is 61.4 Å². The summed E-state index contributed by atoms with van der Waals surface area (Å²) in [7, 11) is 0. The van der Waals surface area contributed by atoms with Gasteiger partial charge in [-0.25, -0.2) is 4.79 Å². The fraction of sp³-hybridized carbons (Fsp3) is 0.733. The highest BCUT2D eigenvalue weighted by Crippen LogP contribution is 2.13. The number of nitrogens with one attached hydrogen (secondary N) is 2. The van der Waals surface area contributed by atoms with Gasteiger partial charge >= 0.3 is 6.03 Å². The second kappa shape index (κ2) is 6.77. The fourth-order valence-corrected chi connectivity index (χ4v) is 2.77. The Morgan fingerprint density at radius 3 is 2.70 bits per heavy atom. The standard InChI is InChI=1S/C15H25N3O2/c1-11(2)14(19)18-9-8-13(10-18)17-15(20)16-12-6-4-3-5-7-12/h4,6,11-13H,3,5,7-10H2,1-2H3,(H2,16,17,20). The van der Waals surface area contributed by atoms with Crippen molar-refractivity contribution in [3.8, 4) is 0 Å². The van der Waals surface area contributed by atoms with E-state index in [9.17, 15) is 9.59 Å². The lowest BCUT2D eigenvalue weighted by Crippen LogP contribution is -2.47. The van der Waals surface area contributed by atoms with Crippen molar-refractivity contribution in [2.24, 2.45) is 5.92 Å². The Morgan fingerprint density at radius 1 is 1.25 bits per heavy atom. The van der Waals surface area contributed by atoms with Crippen LogP contribution in [0.2, 0.25) is 0 Å². The summed E-state index contributed by atoms with van der Waals surface area (Å²) in [6.07, 6.45) is 8.26. The third-order valence-electron chi connectivity index (χ3n) is 3.90. The molecular formula is C15H25N3O2. The quantitative estimate of drug-likeness (QED) is 0.772. The summed E-state index contributed by atoms with van der Waals surface area (Å²) in [5.74, 6) is 0.194. The van der Waals surface area contributed by atoms with E-state index in [1.165, 1.54) is 0 Å². The van der Waals surface area contributed by atoms with Gasteiger partial charge in [-0.05, 0) is 25.7 Å². The molecule has 1 aliphatic heterocycles. The maximum Gasteiger partial charge on any atom is 0.315 e. The molecule has 5 nitrogen and oxygen atoms in total. The molecule has 1 aliphatic carbocycles. The normalized spacial score (nSPS) is 25.9. The smallest absolute Gasteiger partial charge is 0.315 e. The number of likely N-dealkylation sites (tertiary alicyclic amines) is 1. The molecule has 2 aliphatic rings. The van der Waals surface area contributed by atoms with Crippen LogP contribution in [-0.4, -0.2) is 42.0 Å². The summed E-state index contributed by atoms with van der Waals surface area (Å²) < 4.78 is 0. The number of hydrogen-bond donors (Lipinski definition) is 2. The van der Waals surface area contributed by atoms with E-state index in [0.717, 1.165) is 32.2 Å². The summed E-state index contributed by atoms with van der Waals surface area (Å²) in [6.45, 7) is 5.19. The maximum atomic E-state index is 11.9. The van der Waals surface area contributed by atoms with E-state index >= 15 is 0 Å². The van der Waals surface area contributed by atoms with Crippen molar-refractivity contribution < 1.29 is 9.59 Å². The lowest BCUT2D eigenvalue weighted by molar-refractivity contribution is -0.133. The van der Waals surface area contributed by atoms with Crippen LogP contribution in [0.5, 0.6) is 0 Å². The summed E-state index contributed by atoms with van der Waals surface area (Å²) in [4.78, 5) is 25.6. The van der Waals surface area contributed by atoms with Gasteiger partial charge < -0.3 is 15.5 Å². The predicted molar refractivity (Wildman–Crippen MR) is 78.3 cm³/mol. The van der Waals surface area contributed by atoms with Crippen molar-refractivity contribution in [2.45, 2.75) is 51.6 Å². The average Bonchev–Trinajstić information content (AvgIpc) is 2.87. The van der Waals surface area contributed by atoms with E-state index in [1.54, 1.807) is 0 Å². The van der Waals surface area contributed by atoms with Crippen LogP contribution >= 0.6 is 0 Å². The molecule has 0 bridgehead atoms. The molecule has 1 saturated heterocycles. The fourth-order valence-electron chi connectivity index (χ4n) is 2.77. The van der Waals surface area contributed by atoms with Gasteiger partial charge in [-0.3, -0.25) is 4.79 Å². The SMILES string of the molecule is CC(C)C(=O)N1CCC(NC(=O)NC2C=CCCC2)C1. The van der Waals surface area contributed by atoms with Gasteiger partial charge in [-0.2, -0.15) is 0 Å². The van der Waals surface area contributed by atoms with Gasteiger partial charge in [0.2, 0.25) is 5.91 Å². The van der Waals surface area contributed by atoms with Crippen molar-refractivity contribution in [3.05, 3.63) is 12.2 Å². The third kappa shape index (κ3) is 3.99. The van der Waals surface area contributed by atoms with Gasteiger partial charge in [0.15, 0.2) is 0 Å². The summed E-state index contributed by atoms with van der Waals surface area (Å²) in [5, 5.41) is 5.94. The van der Waals surface area contributed by atoms with Crippen LogP contribution in [0.3, 0.4) is 0 Å². The highest BCUT2D eigenvalue weighted by Gasteiger charge is 2.28. The first-order chi connectivity index (χ1) is 9.56. The van der Waals surface area contributed by atoms with Crippen LogP contribution in [0.25, 0.3) is 0 Å². The molecule has 2 unspecified atom stereocenters. The molecule has 3 amide bonds. The van der Waals surface area contributed by atoms with Crippen LogP contribution in [0, 0.1) is 5.92 Å². The lowest BCUT2D eigenvalue weighted by atomic mass is 10.0. The zero-order valence-corrected chi connectivity index (χ0v) is 12.4. The monoisotopic (exact) mass is 279 g/mol. The second-order valence-corrected chi connectivity index (χ2v) is 6.01. The Bertz CT molecular complexity index is 393. The molecule has 0 spiro atoms. The Kier molecular flexibility index (Phi) is 5.04. The summed E-state index contributed by atoms with van der Waals surface area (Å²) >= 11 is 0. The Labute approximate surface area is 120 Å². The molecular weight excluding hydrogens is 254 g/mol. The Hall–Kier alpha value is -1.52. The van der Waals surface area contributed by atoms with Crippen LogP contribution < -0.4 is 10.6 Å². The number of allylic oxidation sites excluding steroid dienone is 1. The molecule has 0 aromatic rings. The molecule has 2 atom stereocenters. The molecule has 0 aromatic heterocycles. The summed E-state index contributed by atoms with van der Waals surface area (Å²) in [6, 6.07) is 0.106. The van der Waals surface area contributed by atoms with Crippen molar-refractivity contribution in [1.29, 1.82) is 0 Å². The van der Waals surface area contributed by atoms with Gasteiger partial charge in [0, 0.05) is 31.1 Å². The molecule has 2 rings (SSSR count). The molecule has 1 fully saturated rings. The first-order valence-electron chi connectivity index (χ1n) is 7.58. The minimum absolute atomic E-state index is 0.0231. The minimum atomic E-state index is -0.120. The number of urea groups is 1. The molecule has 112 valence electrons. The van der Waals surface area contributed by atoms with E-state index in [2.05, 4.69) is 22.8 Å². The molecule has 5 heteroatoms. The van der Waals surface area contributed by atoms with Gasteiger partial charge in [-0.15, -0.1) is 0 Å². The Balaban J connectivity index is 1.74. The van der Waals surface area contributed by atoms with E-state index < -0.39 is 0 Å². The van der Waals surface area contributed by atoms with E-state index in [1.807, 2.05) is 18.7 Å². The molecule has 0 saturated carbocycles. The zero-order valence-electron chi connectivity index (χ0n) is 12.4. The summed E-state index contributed by atoms with van der Waals surface area (Å²) in [5.41, 5.74) is 0. The number of carbonyl (C=O) groups is 2. The number of carbonyl (C=O) groups excluding carboxylic acids is 2. The second-order valence-electron chi connectivity index (χ2n) is 6.01. The number of rotatable bonds is 3. The van der Waals surface area contributed by atoms with Gasteiger partial charge in [-0.1, -0.05) is 26.0 Å². The molecule has 2 N–H and O–H groups in total. The molecule has 1 heterocycles. The van der Waals surface area contributed by atoms with Gasteiger partial charge in [0.25, 0.3) is 0 Å². The van der Waals surface area contributed by atoms with E-state index in [0.29, 0.717) is 6.54 Å². The van der Waals surface area contributed by atoms with Crippen LogP contribution in [0.1, 0.15) is 39.5 Å². The van der Waals surface area contributed by atoms with Crippen molar-refractivity contribution in [1.82, 2.24) is 15.5 Å². The number of amides is 3. The minimum Gasteiger partial charge on any atom is -0.340 e. The average molecular weight is 279 g/mol. The van der Waals surface area contributed by atoms with Crippen LogP contribution in [0.15, 0.2) is 12.2 Å². The zero-order chi connectivity index (χ0) is 14.5. The maximum absolute atomic E-state index is 11.9. The van der Waals surface area contributed by atoms with Crippen LogP contribution in [0.4, 0.5) is 4.79 Å².